The summed E-state index contributed by atoms with van der Waals surface area (Å²) in [5.41, 5.74) is 2.72. The van der Waals surface area contributed by atoms with Crippen molar-refractivity contribution in [1.29, 1.82) is 0 Å². The number of anilines is 1. The highest BCUT2D eigenvalue weighted by molar-refractivity contribution is 7.98. The second kappa shape index (κ2) is 13.7. The number of thioether (sulfide) groups is 1. The lowest BCUT2D eigenvalue weighted by Crippen LogP contribution is -2.46. The average Bonchev–Trinajstić information content (AvgIpc) is 2.72. The Morgan fingerprint density at radius 1 is 1.04 bits per heavy atom. The van der Waals surface area contributed by atoms with Crippen molar-refractivity contribution in [2.75, 3.05) is 69.8 Å². The van der Waals surface area contributed by atoms with Crippen molar-refractivity contribution in [3.63, 3.8) is 0 Å². The summed E-state index contributed by atoms with van der Waals surface area (Å²) in [4.78, 5) is 9.43. The van der Waals surface area contributed by atoms with Crippen LogP contribution in [0.1, 0.15) is 31.2 Å². The van der Waals surface area contributed by atoms with Crippen LogP contribution in [0.25, 0.3) is 0 Å². The number of piperazine rings is 1. The molecule has 1 aromatic carbocycles. The quantitative estimate of drug-likeness (QED) is 0.336. The number of hydrogen-bond acceptors (Lipinski definition) is 4. The fourth-order valence-electron chi connectivity index (χ4n) is 3.52. The lowest BCUT2D eigenvalue weighted by Gasteiger charge is -2.36. The molecule has 2 N–H and O–H groups in total. The minimum absolute atomic E-state index is 0.941. The van der Waals surface area contributed by atoms with Crippen LogP contribution in [0.3, 0.4) is 0 Å². The van der Waals surface area contributed by atoms with Crippen molar-refractivity contribution in [3.05, 3.63) is 29.8 Å². The molecule has 1 fully saturated rings. The van der Waals surface area contributed by atoms with Gasteiger partial charge < -0.3 is 15.5 Å². The Kier molecular flexibility index (Phi) is 11.2. The number of rotatable bonds is 11. The van der Waals surface area contributed by atoms with E-state index in [2.05, 4.69) is 62.9 Å². The Hall–Kier alpha value is -1.40. The van der Waals surface area contributed by atoms with Gasteiger partial charge in [-0.2, -0.15) is 11.8 Å². The number of hydrogen-bond donors (Lipinski definition) is 2. The first-order chi connectivity index (χ1) is 13.7. The first-order valence-corrected chi connectivity index (χ1v) is 12.1. The maximum Gasteiger partial charge on any atom is 0.190 e. The topological polar surface area (TPSA) is 42.9 Å². The van der Waals surface area contributed by atoms with Gasteiger partial charge in [0.25, 0.3) is 0 Å². The molecule has 0 atom stereocenters. The lowest BCUT2D eigenvalue weighted by molar-refractivity contribution is 0.253. The van der Waals surface area contributed by atoms with Crippen molar-refractivity contribution < 1.29 is 0 Å². The molecule has 6 heteroatoms. The zero-order chi connectivity index (χ0) is 20.0. The van der Waals surface area contributed by atoms with E-state index < -0.39 is 0 Å². The second-order valence-electron chi connectivity index (χ2n) is 7.50. The van der Waals surface area contributed by atoms with E-state index in [0.717, 1.165) is 32.1 Å². The fourth-order valence-corrected chi connectivity index (χ4v) is 4.01. The van der Waals surface area contributed by atoms with Gasteiger partial charge in [0.2, 0.25) is 0 Å². The molecule has 2 rings (SSSR count). The normalized spacial score (nSPS) is 15.7. The zero-order valence-electron chi connectivity index (χ0n) is 18.0. The number of aliphatic imine (C=N–C) groups is 1. The van der Waals surface area contributed by atoms with Gasteiger partial charge in [0.05, 0.1) is 0 Å². The highest BCUT2D eigenvalue weighted by Gasteiger charge is 2.16. The highest BCUT2D eigenvalue weighted by atomic mass is 32.2. The van der Waals surface area contributed by atoms with Gasteiger partial charge >= 0.3 is 0 Å². The SMILES string of the molecule is CN=C(NCCCCSC)NCCCCN1CCN(c2cccc(C)c2)CC1. The van der Waals surface area contributed by atoms with Gasteiger partial charge in [-0.1, -0.05) is 12.1 Å². The number of aryl methyl sites for hydroxylation is 1. The van der Waals surface area contributed by atoms with Crippen LogP contribution in [-0.4, -0.2) is 75.7 Å². The van der Waals surface area contributed by atoms with Crippen molar-refractivity contribution in [2.24, 2.45) is 4.99 Å². The summed E-state index contributed by atoms with van der Waals surface area (Å²) in [5, 5.41) is 6.85. The number of benzene rings is 1. The first kappa shape index (κ1) is 22.9. The molecule has 0 aromatic heterocycles. The lowest BCUT2D eigenvalue weighted by atomic mass is 10.2. The number of guanidine groups is 1. The number of unbranched alkanes of at least 4 members (excludes halogenated alkanes) is 2. The minimum atomic E-state index is 0.941. The third-order valence-corrected chi connectivity index (χ3v) is 5.92. The van der Waals surface area contributed by atoms with Gasteiger partial charge in [0.1, 0.15) is 0 Å². The van der Waals surface area contributed by atoms with E-state index in [1.54, 1.807) is 0 Å². The molecule has 1 saturated heterocycles. The average molecular weight is 406 g/mol. The van der Waals surface area contributed by atoms with Crippen molar-refractivity contribution in [1.82, 2.24) is 15.5 Å². The molecule has 5 nitrogen and oxygen atoms in total. The van der Waals surface area contributed by atoms with Gasteiger partial charge in [0, 0.05) is 52.0 Å². The van der Waals surface area contributed by atoms with Crippen LogP contribution in [0.15, 0.2) is 29.3 Å². The van der Waals surface area contributed by atoms with E-state index >= 15 is 0 Å². The predicted molar refractivity (Wildman–Crippen MR) is 126 cm³/mol. The van der Waals surface area contributed by atoms with Crippen molar-refractivity contribution >= 4 is 23.4 Å². The summed E-state index contributed by atoms with van der Waals surface area (Å²) in [7, 11) is 1.85. The summed E-state index contributed by atoms with van der Waals surface area (Å²) in [6.07, 6.45) is 7.06. The maximum absolute atomic E-state index is 4.31. The smallest absolute Gasteiger partial charge is 0.190 e. The molecule has 0 amide bonds. The summed E-state index contributed by atoms with van der Waals surface area (Å²) in [6, 6.07) is 8.86. The molecule has 0 bridgehead atoms. The Balaban J connectivity index is 1.52. The van der Waals surface area contributed by atoms with E-state index in [0.29, 0.717) is 0 Å². The number of nitrogens with one attached hydrogen (secondary N) is 2. The standard InChI is InChI=1S/C22H39N5S/c1-20-9-8-10-21(19-20)27-16-14-26(15-17-27)13-6-4-11-24-22(23-2)25-12-5-7-18-28-3/h8-10,19H,4-7,11-18H2,1-3H3,(H2,23,24,25). The minimum Gasteiger partial charge on any atom is -0.369 e. The molecule has 1 aliphatic heterocycles. The van der Waals surface area contributed by atoms with Crippen LogP contribution >= 0.6 is 11.8 Å². The molecule has 1 aliphatic rings. The fraction of sp³-hybridized carbons (Fsp3) is 0.682. The molecule has 0 saturated carbocycles. The van der Waals surface area contributed by atoms with Crippen LogP contribution in [0, 0.1) is 6.92 Å². The third kappa shape index (κ3) is 8.74. The molecular weight excluding hydrogens is 366 g/mol. The summed E-state index contributed by atoms with van der Waals surface area (Å²) >= 11 is 1.92. The molecular formula is C22H39N5S. The Bertz CT molecular complexity index is 570. The van der Waals surface area contributed by atoms with E-state index in [1.165, 1.54) is 62.3 Å². The van der Waals surface area contributed by atoms with Crippen molar-refractivity contribution in [3.8, 4) is 0 Å². The zero-order valence-corrected chi connectivity index (χ0v) is 18.9. The summed E-state index contributed by atoms with van der Waals surface area (Å²) in [5.74, 6) is 2.18. The molecule has 158 valence electrons. The maximum atomic E-state index is 4.31. The third-order valence-electron chi connectivity index (χ3n) is 5.22. The Morgan fingerprint density at radius 2 is 1.75 bits per heavy atom. The Morgan fingerprint density at radius 3 is 2.39 bits per heavy atom. The number of nitrogens with zero attached hydrogens (tertiary/aromatic N) is 3. The second-order valence-corrected chi connectivity index (χ2v) is 8.49. The van der Waals surface area contributed by atoms with Crippen LogP contribution < -0.4 is 15.5 Å². The first-order valence-electron chi connectivity index (χ1n) is 10.7. The van der Waals surface area contributed by atoms with Gasteiger partial charge in [-0.15, -0.1) is 0 Å². The molecule has 0 spiro atoms. The van der Waals surface area contributed by atoms with E-state index in [9.17, 15) is 0 Å². The van der Waals surface area contributed by atoms with Crippen molar-refractivity contribution in [2.45, 2.75) is 32.6 Å². The summed E-state index contributed by atoms with van der Waals surface area (Å²) in [6.45, 7) is 9.97. The molecule has 0 aliphatic carbocycles. The van der Waals surface area contributed by atoms with E-state index in [4.69, 9.17) is 0 Å². The van der Waals surface area contributed by atoms with Crippen LogP contribution in [-0.2, 0) is 0 Å². The van der Waals surface area contributed by atoms with Gasteiger partial charge in [-0.3, -0.25) is 9.89 Å². The predicted octanol–water partition coefficient (Wildman–Crippen LogP) is 3.21. The van der Waals surface area contributed by atoms with Crippen LogP contribution in [0.5, 0.6) is 0 Å². The van der Waals surface area contributed by atoms with Gasteiger partial charge in [-0.05, 0) is 68.9 Å². The molecule has 1 heterocycles. The van der Waals surface area contributed by atoms with E-state index in [-0.39, 0.29) is 0 Å². The monoisotopic (exact) mass is 405 g/mol. The largest absolute Gasteiger partial charge is 0.369 e. The van der Waals surface area contributed by atoms with Crippen LogP contribution in [0.2, 0.25) is 0 Å². The van der Waals surface area contributed by atoms with E-state index in [1.807, 2.05) is 18.8 Å². The molecule has 28 heavy (non-hydrogen) atoms. The summed E-state index contributed by atoms with van der Waals surface area (Å²) < 4.78 is 0. The Labute approximate surface area is 176 Å². The van der Waals surface area contributed by atoms with Gasteiger partial charge in [0.15, 0.2) is 5.96 Å². The highest BCUT2D eigenvalue weighted by Crippen LogP contribution is 2.17. The molecule has 0 radical (unpaired) electrons. The molecule has 0 unspecified atom stereocenters. The van der Waals surface area contributed by atoms with Gasteiger partial charge in [-0.25, -0.2) is 0 Å². The van der Waals surface area contributed by atoms with Crippen LogP contribution in [0.4, 0.5) is 5.69 Å². The molecule has 1 aromatic rings.